The molecule has 0 aromatic heterocycles. The zero-order valence-corrected chi connectivity index (χ0v) is 9.50. The molecule has 1 aliphatic rings. The summed E-state index contributed by atoms with van der Waals surface area (Å²) in [5, 5.41) is 0.544. The largest absolute Gasteiger partial charge is 0.338 e. The van der Waals surface area contributed by atoms with Crippen molar-refractivity contribution in [3.63, 3.8) is 0 Å². The summed E-state index contributed by atoms with van der Waals surface area (Å²) in [6, 6.07) is 7.23. The second-order valence-electron chi connectivity index (χ2n) is 4.12. The Morgan fingerprint density at radius 2 is 2.20 bits per heavy atom. The smallest absolute Gasteiger partial charge is 0.255 e. The van der Waals surface area contributed by atoms with Crippen LogP contribution in [0.15, 0.2) is 24.3 Å². The van der Waals surface area contributed by atoms with Crippen LogP contribution >= 0.6 is 11.6 Å². The monoisotopic (exact) mass is 223 g/mol. The van der Waals surface area contributed by atoms with E-state index in [1.165, 1.54) is 0 Å². The lowest BCUT2D eigenvalue weighted by molar-refractivity contribution is 0.0788. The van der Waals surface area contributed by atoms with Gasteiger partial charge in [0.1, 0.15) is 0 Å². The Bertz CT molecular complexity index is 378. The van der Waals surface area contributed by atoms with E-state index in [2.05, 4.69) is 6.92 Å². The molecule has 1 saturated heterocycles. The molecule has 1 fully saturated rings. The standard InChI is InChI=1S/C12H14ClNO/c1-9-6-7-14(8-9)12(15)10-4-2-3-5-11(10)13/h2-5,9H,6-8H2,1H3. The van der Waals surface area contributed by atoms with E-state index in [1.54, 1.807) is 12.1 Å². The Morgan fingerprint density at radius 1 is 1.47 bits per heavy atom. The highest BCUT2D eigenvalue weighted by molar-refractivity contribution is 6.33. The average Bonchev–Trinajstić information content (AvgIpc) is 2.65. The van der Waals surface area contributed by atoms with Crippen LogP contribution < -0.4 is 0 Å². The summed E-state index contributed by atoms with van der Waals surface area (Å²) in [7, 11) is 0. The first kappa shape index (κ1) is 10.5. The predicted octanol–water partition coefficient (Wildman–Crippen LogP) is 2.82. The highest BCUT2D eigenvalue weighted by atomic mass is 35.5. The number of halogens is 1. The molecule has 2 nitrogen and oxygen atoms in total. The van der Waals surface area contributed by atoms with Crippen molar-refractivity contribution in [2.45, 2.75) is 13.3 Å². The van der Waals surface area contributed by atoms with E-state index in [-0.39, 0.29) is 5.91 Å². The average molecular weight is 224 g/mol. The third-order valence-electron chi connectivity index (χ3n) is 2.82. The second-order valence-corrected chi connectivity index (χ2v) is 4.53. The van der Waals surface area contributed by atoms with Crippen molar-refractivity contribution in [3.8, 4) is 0 Å². The molecule has 2 rings (SSSR count). The topological polar surface area (TPSA) is 20.3 Å². The minimum absolute atomic E-state index is 0.0601. The van der Waals surface area contributed by atoms with Gasteiger partial charge in [-0.25, -0.2) is 0 Å². The molecular formula is C12H14ClNO. The lowest BCUT2D eigenvalue weighted by Gasteiger charge is -2.16. The normalized spacial score (nSPS) is 20.7. The molecular weight excluding hydrogens is 210 g/mol. The van der Waals surface area contributed by atoms with Crippen molar-refractivity contribution in [2.24, 2.45) is 5.92 Å². The predicted molar refractivity (Wildman–Crippen MR) is 61.1 cm³/mol. The molecule has 1 amide bonds. The van der Waals surface area contributed by atoms with E-state index < -0.39 is 0 Å². The highest BCUT2D eigenvalue weighted by Gasteiger charge is 2.24. The molecule has 0 radical (unpaired) electrons. The fourth-order valence-electron chi connectivity index (χ4n) is 1.92. The Kier molecular flexibility index (Phi) is 2.96. The maximum atomic E-state index is 12.1. The van der Waals surface area contributed by atoms with Crippen LogP contribution in [0.2, 0.25) is 5.02 Å². The molecule has 0 aliphatic carbocycles. The summed E-state index contributed by atoms with van der Waals surface area (Å²) in [5.41, 5.74) is 0.619. The fraction of sp³-hybridized carbons (Fsp3) is 0.417. The minimum atomic E-state index is 0.0601. The third kappa shape index (κ3) is 2.15. The molecule has 1 heterocycles. The van der Waals surface area contributed by atoms with Gasteiger partial charge in [0.15, 0.2) is 0 Å². The molecule has 15 heavy (non-hydrogen) atoms. The molecule has 1 aromatic carbocycles. The van der Waals surface area contributed by atoms with E-state index in [0.29, 0.717) is 16.5 Å². The Labute approximate surface area is 94.8 Å². The van der Waals surface area contributed by atoms with Gasteiger partial charge in [0.05, 0.1) is 10.6 Å². The first-order chi connectivity index (χ1) is 7.18. The van der Waals surface area contributed by atoms with Crippen LogP contribution in [-0.2, 0) is 0 Å². The molecule has 0 N–H and O–H groups in total. The highest BCUT2D eigenvalue weighted by Crippen LogP contribution is 2.21. The zero-order valence-electron chi connectivity index (χ0n) is 8.74. The van der Waals surface area contributed by atoms with E-state index in [1.807, 2.05) is 17.0 Å². The molecule has 80 valence electrons. The van der Waals surface area contributed by atoms with Crippen molar-refractivity contribution >= 4 is 17.5 Å². The summed E-state index contributed by atoms with van der Waals surface area (Å²) in [6.45, 7) is 3.87. The van der Waals surface area contributed by atoms with Gasteiger partial charge in [-0.3, -0.25) is 4.79 Å². The summed E-state index contributed by atoms with van der Waals surface area (Å²) < 4.78 is 0. The van der Waals surface area contributed by atoms with Crippen molar-refractivity contribution in [1.29, 1.82) is 0 Å². The summed E-state index contributed by atoms with van der Waals surface area (Å²) in [5.74, 6) is 0.668. The van der Waals surface area contributed by atoms with Gasteiger partial charge in [-0.1, -0.05) is 30.7 Å². The number of nitrogens with zero attached hydrogens (tertiary/aromatic N) is 1. The van der Waals surface area contributed by atoms with Crippen LogP contribution in [0.3, 0.4) is 0 Å². The van der Waals surface area contributed by atoms with E-state index in [0.717, 1.165) is 19.5 Å². The molecule has 0 saturated carbocycles. The first-order valence-electron chi connectivity index (χ1n) is 5.22. The Morgan fingerprint density at radius 3 is 2.80 bits per heavy atom. The van der Waals surface area contributed by atoms with Crippen molar-refractivity contribution in [2.75, 3.05) is 13.1 Å². The zero-order chi connectivity index (χ0) is 10.8. The lowest BCUT2D eigenvalue weighted by Crippen LogP contribution is -2.28. The SMILES string of the molecule is CC1CCN(C(=O)c2ccccc2Cl)C1. The number of amides is 1. The van der Waals surface area contributed by atoms with Crippen LogP contribution in [0.4, 0.5) is 0 Å². The van der Waals surface area contributed by atoms with Gasteiger partial charge in [0, 0.05) is 13.1 Å². The van der Waals surface area contributed by atoms with Gasteiger partial charge in [-0.15, -0.1) is 0 Å². The van der Waals surface area contributed by atoms with Gasteiger partial charge in [-0.2, -0.15) is 0 Å². The third-order valence-corrected chi connectivity index (χ3v) is 3.14. The lowest BCUT2D eigenvalue weighted by atomic mass is 10.2. The molecule has 3 heteroatoms. The van der Waals surface area contributed by atoms with Crippen LogP contribution in [0.5, 0.6) is 0 Å². The number of benzene rings is 1. The number of hydrogen-bond donors (Lipinski definition) is 0. The van der Waals surface area contributed by atoms with Gasteiger partial charge >= 0.3 is 0 Å². The molecule has 0 spiro atoms. The van der Waals surface area contributed by atoms with Gasteiger partial charge < -0.3 is 4.90 Å². The summed E-state index contributed by atoms with van der Waals surface area (Å²) in [6.07, 6.45) is 1.09. The molecule has 1 atom stereocenters. The summed E-state index contributed by atoms with van der Waals surface area (Å²) in [4.78, 5) is 13.9. The molecule has 1 aliphatic heterocycles. The van der Waals surface area contributed by atoms with E-state index >= 15 is 0 Å². The summed E-state index contributed by atoms with van der Waals surface area (Å²) >= 11 is 5.99. The Hall–Kier alpha value is -1.02. The number of carbonyl (C=O) groups is 1. The number of hydrogen-bond acceptors (Lipinski definition) is 1. The van der Waals surface area contributed by atoms with E-state index in [4.69, 9.17) is 11.6 Å². The van der Waals surface area contributed by atoms with Crippen molar-refractivity contribution in [1.82, 2.24) is 4.90 Å². The maximum absolute atomic E-state index is 12.1. The first-order valence-corrected chi connectivity index (χ1v) is 5.60. The van der Waals surface area contributed by atoms with Crippen LogP contribution in [-0.4, -0.2) is 23.9 Å². The van der Waals surface area contributed by atoms with Gasteiger partial charge in [0.25, 0.3) is 5.91 Å². The van der Waals surface area contributed by atoms with Crippen molar-refractivity contribution < 1.29 is 4.79 Å². The molecule has 1 unspecified atom stereocenters. The van der Waals surface area contributed by atoms with Crippen LogP contribution in [0.1, 0.15) is 23.7 Å². The van der Waals surface area contributed by atoms with Crippen molar-refractivity contribution in [3.05, 3.63) is 34.9 Å². The molecule has 0 bridgehead atoms. The van der Waals surface area contributed by atoms with Gasteiger partial charge in [-0.05, 0) is 24.5 Å². The second kappa shape index (κ2) is 4.23. The number of likely N-dealkylation sites (tertiary alicyclic amines) is 1. The minimum Gasteiger partial charge on any atom is -0.338 e. The Balaban J connectivity index is 2.18. The van der Waals surface area contributed by atoms with E-state index in [9.17, 15) is 4.79 Å². The molecule has 1 aromatic rings. The van der Waals surface area contributed by atoms with Crippen LogP contribution in [0.25, 0.3) is 0 Å². The fourth-order valence-corrected chi connectivity index (χ4v) is 2.14. The number of carbonyl (C=O) groups excluding carboxylic acids is 1. The maximum Gasteiger partial charge on any atom is 0.255 e. The van der Waals surface area contributed by atoms with Crippen LogP contribution in [0, 0.1) is 5.92 Å². The quantitative estimate of drug-likeness (QED) is 0.717. The number of rotatable bonds is 1. The van der Waals surface area contributed by atoms with Gasteiger partial charge in [0.2, 0.25) is 0 Å².